The van der Waals surface area contributed by atoms with Crippen LogP contribution in [0.3, 0.4) is 0 Å². The zero-order valence-electron chi connectivity index (χ0n) is 21.5. The zero-order valence-corrected chi connectivity index (χ0v) is 23.1. The van der Waals surface area contributed by atoms with Gasteiger partial charge >= 0.3 is 5.97 Å². The van der Waals surface area contributed by atoms with E-state index in [2.05, 4.69) is 15.2 Å². The largest absolute Gasteiger partial charge is 0.466 e. The third kappa shape index (κ3) is 5.20. The number of carbonyl (C=O) groups excluding carboxylic acids is 2. The first-order valence-corrected chi connectivity index (χ1v) is 14.2. The Morgan fingerprint density at radius 1 is 1.31 bits per heavy atom. The molecule has 0 bridgehead atoms. The normalized spacial score (nSPS) is 24.5. The molecule has 2 unspecified atom stereocenters. The number of aliphatic imine (C=N–C) groups is 1. The number of amides is 1. The van der Waals surface area contributed by atoms with Gasteiger partial charge in [0.2, 0.25) is 5.91 Å². The van der Waals surface area contributed by atoms with Crippen LogP contribution in [0.2, 0.25) is 5.02 Å². The number of ether oxygens (including phenoxy) is 2. The van der Waals surface area contributed by atoms with Crippen LogP contribution in [0.1, 0.15) is 35.9 Å². The van der Waals surface area contributed by atoms with E-state index in [0.29, 0.717) is 55.0 Å². The number of esters is 1. The molecule has 1 N–H and O–H groups in total. The van der Waals surface area contributed by atoms with Crippen LogP contribution in [-0.2, 0) is 19.1 Å². The summed E-state index contributed by atoms with van der Waals surface area (Å²) in [4.78, 5) is 40.2. The maximum atomic E-state index is 13.9. The monoisotopic (exact) mass is 573 g/mol. The van der Waals surface area contributed by atoms with Crippen molar-refractivity contribution in [2.24, 2.45) is 10.4 Å². The first kappa shape index (κ1) is 26.4. The fourth-order valence-electron chi connectivity index (χ4n) is 5.76. The topological polar surface area (TPSA) is 96.4 Å². The molecule has 3 fully saturated rings. The van der Waals surface area contributed by atoms with E-state index in [9.17, 15) is 14.0 Å². The first-order valence-electron chi connectivity index (χ1n) is 13.0. The summed E-state index contributed by atoms with van der Waals surface area (Å²) < 4.78 is 24.6. The van der Waals surface area contributed by atoms with Crippen molar-refractivity contribution < 1.29 is 23.5 Å². The Kier molecular flexibility index (Phi) is 7.17. The summed E-state index contributed by atoms with van der Waals surface area (Å²) >= 11 is 7.88. The fraction of sp³-hybridized carbons (Fsp3) is 0.481. The number of hydrogen-bond acceptors (Lipinski definition) is 9. The average molecular weight is 574 g/mol. The van der Waals surface area contributed by atoms with Crippen molar-refractivity contribution in [1.29, 1.82) is 0 Å². The lowest BCUT2D eigenvalue weighted by molar-refractivity contribution is -0.140. The van der Waals surface area contributed by atoms with E-state index < -0.39 is 17.8 Å². The summed E-state index contributed by atoms with van der Waals surface area (Å²) in [6.45, 7) is 3.31. The van der Waals surface area contributed by atoms with Crippen molar-refractivity contribution in [3.63, 3.8) is 0 Å². The molecule has 3 aliphatic heterocycles. The number of carbonyl (C=O) groups is 2. The van der Waals surface area contributed by atoms with Crippen molar-refractivity contribution in [3.05, 3.63) is 62.5 Å². The second-order valence-corrected chi connectivity index (χ2v) is 11.8. The van der Waals surface area contributed by atoms with Gasteiger partial charge in [0.15, 0.2) is 10.8 Å². The summed E-state index contributed by atoms with van der Waals surface area (Å²) in [7, 11) is 1.32. The predicted molar refractivity (Wildman–Crippen MR) is 144 cm³/mol. The zero-order chi connectivity index (χ0) is 27.1. The molecule has 1 aromatic heterocycles. The van der Waals surface area contributed by atoms with Gasteiger partial charge in [0, 0.05) is 54.0 Å². The smallest absolute Gasteiger partial charge is 0.338 e. The standard InChI is InChI=1S/C27H29ClFN5O4S/c1-37-26(36)21-19(14-34-15-27(4-5-27)13-20(34)25(35)33-7-9-38-10-8-33)31-23(24-30-6-11-39-24)32-22(21)17-3-2-16(29)12-18(17)28/h2-3,6,11-12,20,22H,4-5,7-10,13-15H2,1H3,(H,31,32). The Bertz CT molecular complexity index is 1340. The summed E-state index contributed by atoms with van der Waals surface area (Å²) in [6, 6.07) is 2.91. The number of thiazole rings is 1. The van der Waals surface area contributed by atoms with E-state index in [1.807, 2.05) is 10.3 Å². The van der Waals surface area contributed by atoms with E-state index in [1.54, 1.807) is 6.20 Å². The molecular formula is C27H29ClFN5O4S. The molecule has 1 amide bonds. The Hall–Kier alpha value is -2.86. The second kappa shape index (κ2) is 10.6. The summed E-state index contributed by atoms with van der Waals surface area (Å²) in [5.74, 6) is -0.470. The Morgan fingerprint density at radius 2 is 2.10 bits per heavy atom. The Balaban J connectivity index is 1.39. The molecule has 1 spiro atoms. The molecule has 2 atom stereocenters. The minimum atomic E-state index is -0.841. The number of aromatic nitrogens is 1. The van der Waals surface area contributed by atoms with Gasteiger partial charge in [-0.05, 0) is 36.8 Å². The molecule has 1 aromatic carbocycles. The number of rotatable bonds is 6. The number of benzene rings is 1. The number of likely N-dealkylation sites (tertiary alicyclic amines) is 1. The van der Waals surface area contributed by atoms with Crippen LogP contribution in [0.5, 0.6) is 0 Å². The van der Waals surface area contributed by atoms with Crippen LogP contribution in [0, 0.1) is 11.2 Å². The summed E-state index contributed by atoms with van der Waals surface area (Å²) in [6.07, 6.45) is 4.65. The van der Waals surface area contributed by atoms with Crippen LogP contribution >= 0.6 is 22.9 Å². The van der Waals surface area contributed by atoms with Gasteiger partial charge in [0.1, 0.15) is 11.9 Å². The molecule has 12 heteroatoms. The van der Waals surface area contributed by atoms with Crippen LogP contribution in [0.25, 0.3) is 0 Å². The molecule has 4 heterocycles. The Labute approximate surface area is 234 Å². The minimum Gasteiger partial charge on any atom is -0.466 e. The maximum Gasteiger partial charge on any atom is 0.338 e. The summed E-state index contributed by atoms with van der Waals surface area (Å²) in [5, 5.41) is 5.97. The molecule has 2 saturated heterocycles. The highest BCUT2D eigenvalue weighted by Gasteiger charge is 2.54. The van der Waals surface area contributed by atoms with E-state index in [0.717, 1.165) is 25.8 Å². The third-order valence-electron chi connectivity index (χ3n) is 7.96. The Morgan fingerprint density at radius 3 is 2.77 bits per heavy atom. The van der Waals surface area contributed by atoms with Crippen molar-refractivity contribution >= 4 is 40.6 Å². The molecular weight excluding hydrogens is 545 g/mol. The lowest BCUT2D eigenvalue weighted by atomic mass is 9.95. The molecule has 9 nitrogen and oxygen atoms in total. The van der Waals surface area contributed by atoms with Crippen LogP contribution < -0.4 is 5.32 Å². The van der Waals surface area contributed by atoms with Gasteiger partial charge in [-0.1, -0.05) is 17.7 Å². The predicted octanol–water partition coefficient (Wildman–Crippen LogP) is 3.17. The number of methoxy groups -OCH3 is 1. The molecule has 1 saturated carbocycles. The van der Waals surface area contributed by atoms with Crippen molar-refractivity contribution in [2.45, 2.75) is 31.3 Å². The van der Waals surface area contributed by atoms with Crippen LogP contribution in [0.15, 0.2) is 46.0 Å². The highest BCUT2D eigenvalue weighted by atomic mass is 35.5. The lowest BCUT2D eigenvalue weighted by Gasteiger charge is -2.34. The third-order valence-corrected chi connectivity index (χ3v) is 9.06. The van der Waals surface area contributed by atoms with Gasteiger partial charge < -0.3 is 19.7 Å². The number of nitrogens with one attached hydrogen (secondary N) is 1. The van der Waals surface area contributed by atoms with Crippen molar-refractivity contribution in [3.8, 4) is 0 Å². The van der Waals surface area contributed by atoms with Crippen molar-refractivity contribution in [1.82, 2.24) is 20.1 Å². The van der Waals surface area contributed by atoms with E-state index in [1.165, 1.54) is 36.6 Å². The molecule has 0 radical (unpaired) electrons. The molecule has 2 aromatic rings. The lowest BCUT2D eigenvalue weighted by Crippen LogP contribution is -2.51. The summed E-state index contributed by atoms with van der Waals surface area (Å²) in [5.41, 5.74) is 1.47. The van der Waals surface area contributed by atoms with E-state index >= 15 is 0 Å². The molecule has 4 aliphatic rings. The van der Waals surface area contributed by atoms with Gasteiger partial charge in [-0.2, -0.15) is 0 Å². The first-order chi connectivity index (χ1) is 18.9. The van der Waals surface area contributed by atoms with Gasteiger partial charge in [0.25, 0.3) is 0 Å². The molecule has 6 rings (SSSR count). The number of amidine groups is 1. The van der Waals surface area contributed by atoms with Crippen LogP contribution in [-0.4, -0.2) is 85.0 Å². The van der Waals surface area contributed by atoms with Crippen LogP contribution in [0.4, 0.5) is 4.39 Å². The quantitative estimate of drug-likeness (QED) is 0.530. The highest BCUT2D eigenvalue weighted by molar-refractivity contribution is 7.11. The van der Waals surface area contributed by atoms with Gasteiger partial charge in [0.05, 0.1) is 31.9 Å². The number of halogens is 2. The molecule has 39 heavy (non-hydrogen) atoms. The SMILES string of the molecule is COC(=O)C1=C(CN2CC3(CC3)CC2C(=O)N2CCOCC2)NC(c2nccs2)=NC1c1ccc(F)cc1Cl. The average Bonchev–Trinajstić information content (AvgIpc) is 3.32. The highest BCUT2D eigenvalue weighted by Crippen LogP contribution is 2.55. The number of nitrogens with zero attached hydrogens (tertiary/aromatic N) is 4. The second-order valence-electron chi connectivity index (χ2n) is 10.5. The number of morpholine rings is 1. The van der Waals surface area contributed by atoms with Crippen molar-refractivity contribution in [2.75, 3.05) is 46.5 Å². The van der Waals surface area contributed by atoms with Gasteiger partial charge in [-0.3, -0.25) is 14.7 Å². The molecule has 206 valence electrons. The minimum absolute atomic E-state index is 0.102. The van der Waals surface area contributed by atoms with E-state index in [4.69, 9.17) is 26.1 Å². The van der Waals surface area contributed by atoms with Gasteiger partial charge in [-0.25, -0.2) is 14.2 Å². The number of hydrogen-bond donors (Lipinski definition) is 1. The maximum absolute atomic E-state index is 13.9. The molecule has 1 aliphatic carbocycles. The van der Waals surface area contributed by atoms with Gasteiger partial charge in [-0.15, -0.1) is 11.3 Å². The fourth-order valence-corrected chi connectivity index (χ4v) is 6.62. The van der Waals surface area contributed by atoms with E-state index in [-0.39, 0.29) is 28.0 Å².